The second-order valence-electron chi connectivity index (χ2n) is 7.22. The lowest BCUT2D eigenvalue weighted by atomic mass is 9.82. The van der Waals surface area contributed by atoms with Gasteiger partial charge in [-0.05, 0) is 56.7 Å². The monoisotopic (exact) mass is 266 g/mol. The Morgan fingerprint density at radius 1 is 1.16 bits per heavy atom. The van der Waals surface area contributed by atoms with Crippen LogP contribution < -0.4 is 5.32 Å². The van der Waals surface area contributed by atoms with Crippen molar-refractivity contribution in [1.82, 2.24) is 10.2 Å². The zero-order valence-electron chi connectivity index (χ0n) is 13.3. The fourth-order valence-electron chi connectivity index (χ4n) is 4.05. The van der Waals surface area contributed by atoms with E-state index in [4.69, 9.17) is 0 Å². The summed E-state index contributed by atoms with van der Waals surface area (Å²) in [4.78, 5) is 2.83. The second kappa shape index (κ2) is 7.64. The lowest BCUT2D eigenvalue weighted by molar-refractivity contribution is 0.121. The quantitative estimate of drug-likeness (QED) is 0.791. The number of nitrogens with one attached hydrogen (secondary N) is 1. The van der Waals surface area contributed by atoms with Crippen LogP contribution in [-0.4, -0.2) is 37.1 Å². The van der Waals surface area contributed by atoms with Gasteiger partial charge in [0.1, 0.15) is 0 Å². The molecule has 0 bridgehead atoms. The second-order valence-corrected chi connectivity index (χ2v) is 7.22. The van der Waals surface area contributed by atoms with Crippen LogP contribution in [0.5, 0.6) is 0 Å². The molecule has 0 radical (unpaired) electrons. The maximum absolute atomic E-state index is 3.65. The summed E-state index contributed by atoms with van der Waals surface area (Å²) < 4.78 is 0. The third-order valence-corrected chi connectivity index (χ3v) is 5.17. The van der Waals surface area contributed by atoms with Crippen molar-refractivity contribution in [2.75, 3.05) is 26.2 Å². The Kier molecular flexibility index (Phi) is 6.15. The van der Waals surface area contributed by atoms with E-state index < -0.39 is 0 Å². The van der Waals surface area contributed by atoms with Gasteiger partial charge in [0.25, 0.3) is 0 Å². The number of rotatable bonds is 6. The summed E-state index contributed by atoms with van der Waals surface area (Å²) in [5.41, 5.74) is 0. The first-order chi connectivity index (χ1) is 9.20. The fourth-order valence-corrected chi connectivity index (χ4v) is 4.05. The Bertz CT molecular complexity index is 252. The molecule has 1 aliphatic carbocycles. The highest BCUT2D eigenvalue weighted by Gasteiger charge is 2.33. The van der Waals surface area contributed by atoms with Gasteiger partial charge in [0.2, 0.25) is 0 Å². The van der Waals surface area contributed by atoms with E-state index in [0.717, 1.165) is 23.8 Å². The standard InChI is InChI=1S/C17H34N2/c1-4-16-7-5-6-8-17(16)19-10-9-15(13-19)12-18-11-14(2)3/h14-18H,4-13H2,1-3H3. The Balaban J connectivity index is 1.74. The van der Waals surface area contributed by atoms with E-state index in [2.05, 4.69) is 31.0 Å². The van der Waals surface area contributed by atoms with Gasteiger partial charge in [-0.1, -0.05) is 40.0 Å². The van der Waals surface area contributed by atoms with Crippen molar-refractivity contribution < 1.29 is 0 Å². The minimum Gasteiger partial charge on any atom is -0.316 e. The summed E-state index contributed by atoms with van der Waals surface area (Å²) in [7, 11) is 0. The lowest BCUT2D eigenvalue weighted by Crippen LogP contribution is -2.41. The van der Waals surface area contributed by atoms with Crippen molar-refractivity contribution in [3.63, 3.8) is 0 Å². The molecule has 1 heterocycles. The normalized spacial score (nSPS) is 33.2. The molecule has 0 aromatic carbocycles. The summed E-state index contributed by atoms with van der Waals surface area (Å²) in [5, 5.41) is 3.65. The first-order valence-electron chi connectivity index (χ1n) is 8.65. The van der Waals surface area contributed by atoms with Crippen LogP contribution in [0.25, 0.3) is 0 Å². The molecule has 112 valence electrons. The summed E-state index contributed by atoms with van der Waals surface area (Å²) >= 11 is 0. The SMILES string of the molecule is CCC1CCCCC1N1CCC(CNCC(C)C)C1. The van der Waals surface area contributed by atoms with Crippen molar-refractivity contribution in [2.24, 2.45) is 17.8 Å². The maximum atomic E-state index is 3.65. The van der Waals surface area contributed by atoms with E-state index in [-0.39, 0.29) is 0 Å². The molecule has 3 atom stereocenters. The summed E-state index contributed by atoms with van der Waals surface area (Å²) in [6.07, 6.45) is 8.68. The number of hydrogen-bond acceptors (Lipinski definition) is 2. The molecule has 0 amide bonds. The Morgan fingerprint density at radius 3 is 2.68 bits per heavy atom. The molecule has 0 spiro atoms. The van der Waals surface area contributed by atoms with Crippen molar-refractivity contribution in [1.29, 1.82) is 0 Å². The van der Waals surface area contributed by atoms with Crippen LogP contribution in [0.4, 0.5) is 0 Å². The van der Waals surface area contributed by atoms with Crippen LogP contribution >= 0.6 is 0 Å². The average molecular weight is 266 g/mol. The zero-order valence-corrected chi connectivity index (χ0v) is 13.3. The highest BCUT2D eigenvalue weighted by atomic mass is 15.2. The molecule has 2 heteroatoms. The average Bonchev–Trinajstić information content (AvgIpc) is 2.87. The topological polar surface area (TPSA) is 15.3 Å². The van der Waals surface area contributed by atoms with Crippen LogP contribution in [0, 0.1) is 17.8 Å². The summed E-state index contributed by atoms with van der Waals surface area (Å²) in [6.45, 7) is 12.1. The van der Waals surface area contributed by atoms with E-state index in [1.54, 1.807) is 0 Å². The molecule has 1 saturated heterocycles. The number of nitrogens with zero attached hydrogens (tertiary/aromatic N) is 1. The van der Waals surface area contributed by atoms with E-state index in [1.807, 2.05) is 0 Å². The minimum atomic E-state index is 0.778. The van der Waals surface area contributed by atoms with E-state index >= 15 is 0 Å². The van der Waals surface area contributed by atoms with Gasteiger partial charge in [-0.2, -0.15) is 0 Å². The highest BCUT2D eigenvalue weighted by Crippen LogP contribution is 2.33. The van der Waals surface area contributed by atoms with Gasteiger partial charge in [-0.3, -0.25) is 4.90 Å². The third kappa shape index (κ3) is 4.46. The molecule has 3 unspecified atom stereocenters. The predicted molar refractivity (Wildman–Crippen MR) is 83.4 cm³/mol. The van der Waals surface area contributed by atoms with Crippen molar-refractivity contribution >= 4 is 0 Å². The molecule has 2 rings (SSSR count). The third-order valence-electron chi connectivity index (χ3n) is 5.17. The largest absolute Gasteiger partial charge is 0.316 e. The molecular formula is C17H34N2. The van der Waals surface area contributed by atoms with Gasteiger partial charge in [0.05, 0.1) is 0 Å². The van der Waals surface area contributed by atoms with Crippen LogP contribution in [0.1, 0.15) is 59.3 Å². The highest BCUT2D eigenvalue weighted by molar-refractivity contribution is 4.88. The van der Waals surface area contributed by atoms with Crippen molar-refractivity contribution in [3.05, 3.63) is 0 Å². The smallest absolute Gasteiger partial charge is 0.0123 e. The molecule has 1 N–H and O–H groups in total. The van der Waals surface area contributed by atoms with Crippen LogP contribution in [0.2, 0.25) is 0 Å². The maximum Gasteiger partial charge on any atom is 0.0123 e. The van der Waals surface area contributed by atoms with Crippen molar-refractivity contribution in [2.45, 2.75) is 65.3 Å². The molecule has 1 saturated carbocycles. The molecule has 1 aliphatic heterocycles. The van der Waals surface area contributed by atoms with E-state index in [9.17, 15) is 0 Å². The molecule has 2 fully saturated rings. The van der Waals surface area contributed by atoms with Gasteiger partial charge in [-0.15, -0.1) is 0 Å². The summed E-state index contributed by atoms with van der Waals surface area (Å²) in [5.74, 6) is 2.66. The summed E-state index contributed by atoms with van der Waals surface area (Å²) in [6, 6.07) is 0.911. The van der Waals surface area contributed by atoms with Crippen LogP contribution in [0.15, 0.2) is 0 Å². The Morgan fingerprint density at radius 2 is 1.95 bits per heavy atom. The first-order valence-corrected chi connectivity index (χ1v) is 8.65. The fraction of sp³-hybridized carbons (Fsp3) is 1.00. The predicted octanol–water partition coefficient (Wildman–Crippen LogP) is 3.52. The molecule has 0 aromatic rings. The van der Waals surface area contributed by atoms with Gasteiger partial charge in [-0.25, -0.2) is 0 Å². The molecule has 2 aliphatic rings. The molecule has 19 heavy (non-hydrogen) atoms. The van der Waals surface area contributed by atoms with E-state index in [0.29, 0.717) is 0 Å². The molecule has 2 nitrogen and oxygen atoms in total. The Labute approximate surface area is 120 Å². The zero-order chi connectivity index (χ0) is 13.7. The lowest BCUT2D eigenvalue weighted by Gasteiger charge is -2.37. The molecule has 0 aromatic heterocycles. The van der Waals surface area contributed by atoms with Gasteiger partial charge in [0.15, 0.2) is 0 Å². The number of hydrogen-bond donors (Lipinski definition) is 1. The van der Waals surface area contributed by atoms with Gasteiger partial charge in [0, 0.05) is 12.6 Å². The Hall–Kier alpha value is -0.0800. The minimum absolute atomic E-state index is 0.778. The number of likely N-dealkylation sites (tertiary alicyclic amines) is 1. The first kappa shape index (κ1) is 15.3. The van der Waals surface area contributed by atoms with Crippen molar-refractivity contribution in [3.8, 4) is 0 Å². The van der Waals surface area contributed by atoms with Crippen LogP contribution in [-0.2, 0) is 0 Å². The molecular weight excluding hydrogens is 232 g/mol. The van der Waals surface area contributed by atoms with Crippen LogP contribution in [0.3, 0.4) is 0 Å². The van der Waals surface area contributed by atoms with E-state index in [1.165, 1.54) is 64.7 Å². The van der Waals surface area contributed by atoms with Gasteiger partial charge < -0.3 is 5.32 Å². The van der Waals surface area contributed by atoms with Gasteiger partial charge >= 0.3 is 0 Å².